The Labute approximate surface area is 135 Å². The summed E-state index contributed by atoms with van der Waals surface area (Å²) in [5.41, 5.74) is 0.898. The molecule has 1 rings (SSSR count). The van der Waals surface area contributed by atoms with Crippen LogP contribution in [0.1, 0.15) is 25.8 Å². The summed E-state index contributed by atoms with van der Waals surface area (Å²) in [6.07, 6.45) is 4.01. The van der Waals surface area contributed by atoms with Crippen LogP contribution in [0.3, 0.4) is 0 Å². The number of aliphatic carboxylic acids is 1. The van der Waals surface area contributed by atoms with Crippen molar-refractivity contribution in [1.29, 1.82) is 0 Å². The zero-order chi connectivity index (χ0) is 15.9. The molecule has 0 spiro atoms. The molecule has 0 aliphatic rings. The molecule has 1 aromatic carbocycles. The van der Waals surface area contributed by atoms with Gasteiger partial charge in [0.2, 0.25) is 0 Å². The number of rotatable bonds is 8. The van der Waals surface area contributed by atoms with Crippen LogP contribution < -0.4 is 0 Å². The first-order valence-corrected chi connectivity index (χ1v) is 10.6. The lowest BCUT2D eigenvalue weighted by Crippen LogP contribution is -2.06. The summed E-state index contributed by atoms with van der Waals surface area (Å²) in [7, 11) is 0.180. The van der Waals surface area contributed by atoms with Crippen molar-refractivity contribution in [2.75, 3.05) is 0 Å². The minimum atomic E-state index is -0.922. The van der Waals surface area contributed by atoms with Gasteiger partial charge in [-0.2, -0.15) is 0 Å². The van der Waals surface area contributed by atoms with Gasteiger partial charge in [0, 0.05) is 6.08 Å². The maximum absolute atomic E-state index is 10.1. The second kappa shape index (κ2) is 14.0. The van der Waals surface area contributed by atoms with Gasteiger partial charge in [-0.1, -0.05) is 50.6 Å². The van der Waals surface area contributed by atoms with E-state index in [-0.39, 0.29) is 9.76 Å². The summed E-state index contributed by atoms with van der Waals surface area (Å²) in [5, 5.41) is 8.29. The van der Waals surface area contributed by atoms with E-state index in [1.54, 1.807) is 6.08 Å². The molecule has 7 heteroatoms. The maximum Gasteiger partial charge on any atom is 0.328 e. The van der Waals surface area contributed by atoms with Crippen molar-refractivity contribution in [3.8, 4) is 0 Å². The van der Waals surface area contributed by atoms with E-state index >= 15 is 0 Å². The minimum Gasteiger partial charge on any atom is -0.478 e. The molecule has 0 saturated heterocycles. The molecule has 1 N–H and O–H groups in total. The topological polar surface area (TPSA) is 55.8 Å². The van der Waals surface area contributed by atoms with Crippen molar-refractivity contribution in [3.05, 3.63) is 42.0 Å². The van der Waals surface area contributed by atoms with E-state index < -0.39 is 16.0 Å². The van der Waals surface area contributed by atoms with Crippen molar-refractivity contribution >= 4 is 42.3 Å². The van der Waals surface area contributed by atoms with Gasteiger partial charge in [0.25, 0.3) is 10.0 Å². The second-order valence-electron chi connectivity index (χ2n) is 4.93. The Morgan fingerprint density at radius 3 is 2.57 bits per heavy atom. The quantitative estimate of drug-likeness (QED) is 0.428. The third-order valence-electron chi connectivity index (χ3n) is 2.49. The first kappa shape index (κ1) is 20.0. The van der Waals surface area contributed by atoms with Crippen molar-refractivity contribution < 1.29 is 18.1 Å². The summed E-state index contributed by atoms with van der Waals surface area (Å²) in [6, 6.07) is 10.6. The molecule has 0 bridgehead atoms. The normalized spacial score (nSPS) is 11.8. The summed E-state index contributed by atoms with van der Waals surface area (Å²) < 4.78 is 10.5. The molecule has 0 unspecified atom stereocenters. The van der Waals surface area contributed by atoms with E-state index in [4.69, 9.17) is 13.3 Å². The van der Waals surface area contributed by atoms with Gasteiger partial charge in [-0.15, -0.1) is 0 Å². The van der Waals surface area contributed by atoms with Crippen LogP contribution in [0.4, 0.5) is 0 Å². The first-order chi connectivity index (χ1) is 10.1. The maximum atomic E-state index is 10.1. The van der Waals surface area contributed by atoms with E-state index in [1.807, 2.05) is 30.3 Å². The van der Waals surface area contributed by atoms with Gasteiger partial charge in [0.1, 0.15) is 20.2 Å². The zero-order valence-electron chi connectivity index (χ0n) is 13.1. The number of carboxylic acids is 1. The summed E-state index contributed by atoms with van der Waals surface area (Å²) >= 11 is 0. The van der Waals surface area contributed by atoms with Crippen molar-refractivity contribution in [2.24, 2.45) is 5.92 Å². The first-order valence-electron chi connectivity index (χ1n) is 7.09. The van der Waals surface area contributed by atoms with Gasteiger partial charge in [-0.25, -0.2) is 4.79 Å². The molecule has 0 saturated carbocycles. The smallest absolute Gasteiger partial charge is 0.328 e. The average Bonchev–Trinajstić information content (AvgIpc) is 2.46. The predicted octanol–water partition coefficient (Wildman–Crippen LogP) is 0.631. The Bertz CT molecular complexity index is 396. The highest BCUT2D eigenvalue weighted by Gasteiger charge is 1.93. The molecule has 0 atom stereocenters. The molecule has 4 nitrogen and oxygen atoms in total. The minimum absolute atomic E-state index is 0.184. The third-order valence-corrected chi connectivity index (χ3v) is 5.95. The Balaban J connectivity index is 0.000000384. The molecule has 0 aliphatic heterocycles. The van der Waals surface area contributed by atoms with Gasteiger partial charge in [-0.05, 0) is 23.6 Å². The lowest BCUT2D eigenvalue weighted by molar-refractivity contribution is -0.131. The van der Waals surface area contributed by atoms with Crippen molar-refractivity contribution in [3.63, 3.8) is 0 Å². The van der Waals surface area contributed by atoms with Gasteiger partial charge in [0.05, 0.1) is 0 Å². The standard InChI is InChI=1S/C9H8O2.C5H18O2Si3/c10-9(11)7-6-8-4-2-1-3-5-8;1-5(2)3-4-9-7-10-6-8/h1-7H,(H,10,11);5H,3-4,9-10H2,1-2,8H3. The lowest BCUT2D eigenvalue weighted by atomic mass is 10.2. The molecule has 0 heterocycles. The van der Waals surface area contributed by atoms with Crippen LogP contribution in [0.15, 0.2) is 36.4 Å². The summed E-state index contributed by atoms with van der Waals surface area (Å²) in [5.74, 6) is -0.0801. The molecule has 0 amide bonds. The van der Waals surface area contributed by atoms with Crippen molar-refractivity contribution in [2.45, 2.75) is 26.3 Å². The highest BCUT2D eigenvalue weighted by Crippen LogP contribution is 2.02. The van der Waals surface area contributed by atoms with E-state index in [2.05, 4.69) is 13.8 Å². The fourth-order valence-electron chi connectivity index (χ4n) is 1.47. The fraction of sp³-hybridized carbons (Fsp3) is 0.357. The highest BCUT2D eigenvalue weighted by atomic mass is 28.3. The Morgan fingerprint density at radius 2 is 2.05 bits per heavy atom. The largest absolute Gasteiger partial charge is 0.478 e. The van der Waals surface area contributed by atoms with E-state index in [0.29, 0.717) is 0 Å². The van der Waals surface area contributed by atoms with E-state index in [0.717, 1.165) is 28.0 Å². The molecule has 0 radical (unpaired) electrons. The summed E-state index contributed by atoms with van der Waals surface area (Å²) in [6.45, 7) is 4.52. The third kappa shape index (κ3) is 15.2. The Kier molecular flexibility index (Phi) is 13.3. The lowest BCUT2D eigenvalue weighted by Gasteiger charge is -2.03. The van der Waals surface area contributed by atoms with E-state index in [9.17, 15) is 4.79 Å². The van der Waals surface area contributed by atoms with Crippen LogP contribution in [-0.4, -0.2) is 41.3 Å². The predicted molar refractivity (Wildman–Crippen MR) is 96.6 cm³/mol. The number of benzene rings is 1. The van der Waals surface area contributed by atoms with Crippen LogP contribution in [0.2, 0.25) is 6.04 Å². The molecule has 0 aliphatic carbocycles. The van der Waals surface area contributed by atoms with Crippen LogP contribution in [0.5, 0.6) is 0 Å². The fourth-order valence-corrected chi connectivity index (χ4v) is 5.91. The highest BCUT2D eigenvalue weighted by molar-refractivity contribution is 6.41. The SMILES string of the molecule is CC(C)CC[SiH2]O[SiH2]O[SiH3].O=C(O)C=Cc1ccccc1. The van der Waals surface area contributed by atoms with Crippen LogP contribution in [-0.2, 0) is 13.0 Å². The molecule has 0 fully saturated rings. The van der Waals surface area contributed by atoms with Crippen LogP contribution in [0, 0.1) is 5.92 Å². The monoisotopic (exact) mass is 342 g/mol. The van der Waals surface area contributed by atoms with Gasteiger partial charge in [0.15, 0.2) is 0 Å². The number of hydrogen-bond acceptors (Lipinski definition) is 3. The average molecular weight is 343 g/mol. The van der Waals surface area contributed by atoms with Gasteiger partial charge in [-0.3, -0.25) is 0 Å². The van der Waals surface area contributed by atoms with Crippen LogP contribution >= 0.6 is 0 Å². The second-order valence-corrected chi connectivity index (χ2v) is 10.2. The molecule has 1 aromatic rings. The Hall–Kier alpha value is -0.999. The van der Waals surface area contributed by atoms with E-state index in [1.165, 1.54) is 12.5 Å². The Morgan fingerprint density at radius 1 is 1.38 bits per heavy atom. The molecule has 118 valence electrons. The van der Waals surface area contributed by atoms with Crippen LogP contribution in [0.25, 0.3) is 6.08 Å². The van der Waals surface area contributed by atoms with Gasteiger partial charge < -0.3 is 13.3 Å². The molecule has 21 heavy (non-hydrogen) atoms. The number of carbonyl (C=O) groups is 1. The number of hydrogen-bond donors (Lipinski definition) is 1. The van der Waals surface area contributed by atoms with Gasteiger partial charge >= 0.3 is 5.97 Å². The number of carboxylic acid groups (broad SMARTS) is 1. The van der Waals surface area contributed by atoms with Crippen molar-refractivity contribution in [1.82, 2.24) is 0 Å². The molecular formula is C14H26O4Si3. The molecule has 0 aromatic heterocycles. The zero-order valence-corrected chi connectivity index (χ0v) is 17.9. The molecular weight excluding hydrogens is 316 g/mol. The summed E-state index contributed by atoms with van der Waals surface area (Å²) in [4.78, 5) is 10.1.